The van der Waals surface area contributed by atoms with Crippen molar-refractivity contribution in [2.24, 2.45) is 0 Å². The molecule has 1 aliphatic carbocycles. The molecule has 1 aliphatic rings. The van der Waals surface area contributed by atoms with Crippen molar-refractivity contribution in [2.75, 3.05) is 6.54 Å². The predicted octanol–water partition coefficient (Wildman–Crippen LogP) is 1.30. The molecule has 0 unspecified atom stereocenters. The highest BCUT2D eigenvalue weighted by molar-refractivity contribution is 7.16. The van der Waals surface area contributed by atoms with E-state index in [1.807, 2.05) is 6.07 Å². The Balaban J connectivity index is 1.60. The van der Waals surface area contributed by atoms with Gasteiger partial charge in [-0.15, -0.1) is 11.3 Å². The largest absolute Gasteiger partial charge is 0.352 e. The highest BCUT2D eigenvalue weighted by Gasteiger charge is 2.23. The van der Waals surface area contributed by atoms with E-state index in [-0.39, 0.29) is 18.4 Å². The van der Waals surface area contributed by atoms with E-state index in [0.29, 0.717) is 11.6 Å². The lowest BCUT2D eigenvalue weighted by Crippen LogP contribution is -2.37. The monoisotopic (exact) mass is 275 g/mol. The molecule has 2 N–H and O–H groups in total. The Bertz CT molecular complexity index is 634. The van der Waals surface area contributed by atoms with Gasteiger partial charge in [-0.05, 0) is 31.0 Å². The predicted molar refractivity (Wildman–Crippen MR) is 73.1 cm³/mol. The Kier molecular flexibility index (Phi) is 3.16. The first-order valence-electron chi connectivity index (χ1n) is 6.13. The van der Waals surface area contributed by atoms with Crippen molar-refractivity contribution >= 4 is 33.4 Å². The van der Waals surface area contributed by atoms with Crippen molar-refractivity contribution in [1.29, 1.82) is 0 Å². The molecule has 6 heteroatoms. The molecule has 0 bridgehead atoms. The van der Waals surface area contributed by atoms with Gasteiger partial charge in [-0.2, -0.15) is 0 Å². The zero-order chi connectivity index (χ0) is 13.2. The summed E-state index contributed by atoms with van der Waals surface area (Å²) in [6.45, 7) is 0.0239. The van der Waals surface area contributed by atoms with Gasteiger partial charge in [0.05, 0.1) is 22.3 Å². The van der Waals surface area contributed by atoms with Gasteiger partial charge in [0.2, 0.25) is 5.91 Å². The van der Waals surface area contributed by atoms with Crippen LogP contribution in [0.25, 0.3) is 10.2 Å². The van der Waals surface area contributed by atoms with Gasteiger partial charge in [0.1, 0.15) is 0 Å². The van der Waals surface area contributed by atoms with Crippen molar-refractivity contribution in [3.05, 3.63) is 29.3 Å². The van der Waals surface area contributed by atoms with Crippen LogP contribution in [0.2, 0.25) is 0 Å². The molecular formula is C13H13N3O2S. The SMILES string of the molecule is O=C(CNC(=O)c1ccc2ncsc2c1)NC1CC1. The minimum atomic E-state index is -0.235. The molecule has 2 aromatic rings. The Labute approximate surface area is 114 Å². The van der Waals surface area contributed by atoms with E-state index >= 15 is 0 Å². The Morgan fingerprint density at radius 2 is 2.21 bits per heavy atom. The fourth-order valence-electron chi connectivity index (χ4n) is 1.77. The van der Waals surface area contributed by atoms with Gasteiger partial charge in [-0.1, -0.05) is 0 Å². The molecule has 1 aromatic heterocycles. The van der Waals surface area contributed by atoms with Crippen LogP contribution >= 0.6 is 11.3 Å². The third kappa shape index (κ3) is 2.90. The van der Waals surface area contributed by atoms with E-state index in [2.05, 4.69) is 15.6 Å². The number of rotatable bonds is 4. The molecule has 0 aliphatic heterocycles. The van der Waals surface area contributed by atoms with Crippen molar-refractivity contribution in [1.82, 2.24) is 15.6 Å². The molecule has 0 saturated heterocycles. The molecule has 1 heterocycles. The maximum Gasteiger partial charge on any atom is 0.251 e. The number of fused-ring (bicyclic) bond motifs is 1. The fraction of sp³-hybridized carbons (Fsp3) is 0.308. The average Bonchev–Trinajstić information content (AvgIpc) is 3.09. The first kappa shape index (κ1) is 12.1. The molecule has 0 radical (unpaired) electrons. The quantitative estimate of drug-likeness (QED) is 0.883. The van der Waals surface area contributed by atoms with Gasteiger partial charge < -0.3 is 10.6 Å². The smallest absolute Gasteiger partial charge is 0.251 e. The molecule has 1 aromatic carbocycles. The maximum atomic E-state index is 11.9. The van der Waals surface area contributed by atoms with Gasteiger partial charge in [0.25, 0.3) is 5.91 Å². The van der Waals surface area contributed by atoms with Crippen LogP contribution in [0.5, 0.6) is 0 Å². The lowest BCUT2D eigenvalue weighted by Gasteiger charge is -2.05. The number of aromatic nitrogens is 1. The van der Waals surface area contributed by atoms with Crippen LogP contribution in [-0.4, -0.2) is 29.4 Å². The molecule has 1 fully saturated rings. The van der Waals surface area contributed by atoms with Gasteiger partial charge in [-0.3, -0.25) is 9.59 Å². The topological polar surface area (TPSA) is 71.1 Å². The number of hydrogen-bond donors (Lipinski definition) is 2. The van der Waals surface area contributed by atoms with E-state index in [1.54, 1.807) is 17.6 Å². The van der Waals surface area contributed by atoms with Gasteiger partial charge in [-0.25, -0.2) is 4.98 Å². The summed E-state index contributed by atoms with van der Waals surface area (Å²) < 4.78 is 0.968. The van der Waals surface area contributed by atoms with Crippen molar-refractivity contribution in [2.45, 2.75) is 18.9 Å². The highest BCUT2D eigenvalue weighted by Crippen LogP contribution is 2.19. The Hall–Kier alpha value is -1.95. The van der Waals surface area contributed by atoms with Crippen molar-refractivity contribution < 1.29 is 9.59 Å². The number of nitrogens with zero attached hydrogens (tertiary/aromatic N) is 1. The van der Waals surface area contributed by atoms with Crippen LogP contribution in [0.3, 0.4) is 0 Å². The molecule has 1 saturated carbocycles. The molecule has 19 heavy (non-hydrogen) atoms. The highest BCUT2D eigenvalue weighted by atomic mass is 32.1. The van der Waals surface area contributed by atoms with E-state index < -0.39 is 0 Å². The number of carbonyl (C=O) groups excluding carboxylic acids is 2. The molecule has 3 rings (SSSR count). The molecular weight excluding hydrogens is 262 g/mol. The van der Waals surface area contributed by atoms with Crippen LogP contribution < -0.4 is 10.6 Å². The number of amides is 2. The van der Waals surface area contributed by atoms with E-state index in [1.165, 1.54) is 11.3 Å². The summed E-state index contributed by atoms with van der Waals surface area (Å²) in [6.07, 6.45) is 2.09. The van der Waals surface area contributed by atoms with Gasteiger partial charge in [0.15, 0.2) is 0 Å². The second-order valence-corrected chi connectivity index (χ2v) is 5.45. The molecule has 98 valence electrons. The summed E-state index contributed by atoms with van der Waals surface area (Å²) in [5.74, 6) is -0.365. The maximum absolute atomic E-state index is 11.9. The van der Waals surface area contributed by atoms with Gasteiger partial charge in [0, 0.05) is 11.6 Å². The zero-order valence-electron chi connectivity index (χ0n) is 10.2. The minimum Gasteiger partial charge on any atom is -0.352 e. The minimum absolute atomic E-state index is 0.0239. The number of nitrogens with one attached hydrogen (secondary N) is 2. The standard InChI is InChI=1S/C13H13N3O2S/c17-12(16-9-2-3-9)6-14-13(18)8-1-4-10-11(5-8)19-7-15-10/h1,4-5,7,9H,2-3,6H2,(H,14,18)(H,16,17). The summed E-state index contributed by atoms with van der Waals surface area (Å²) in [7, 11) is 0. The first-order chi connectivity index (χ1) is 9.22. The fourth-order valence-corrected chi connectivity index (χ4v) is 2.48. The number of thiazole rings is 1. The summed E-state index contributed by atoms with van der Waals surface area (Å²) in [5.41, 5.74) is 3.18. The molecule has 5 nitrogen and oxygen atoms in total. The van der Waals surface area contributed by atoms with Crippen LogP contribution in [0.15, 0.2) is 23.7 Å². The van der Waals surface area contributed by atoms with Gasteiger partial charge >= 0.3 is 0 Å². The number of carbonyl (C=O) groups is 2. The summed E-state index contributed by atoms with van der Waals surface area (Å²) in [5, 5.41) is 5.45. The van der Waals surface area contributed by atoms with Crippen LogP contribution in [0.1, 0.15) is 23.2 Å². The normalized spacial score (nSPS) is 14.3. The van der Waals surface area contributed by atoms with Crippen LogP contribution in [0.4, 0.5) is 0 Å². The van der Waals surface area contributed by atoms with E-state index in [9.17, 15) is 9.59 Å². The number of hydrogen-bond acceptors (Lipinski definition) is 4. The Morgan fingerprint density at radius 3 is 3.00 bits per heavy atom. The summed E-state index contributed by atoms with van der Waals surface area (Å²) in [4.78, 5) is 27.5. The second kappa shape index (κ2) is 4.97. The third-order valence-corrected chi connectivity index (χ3v) is 3.74. The molecule has 0 spiro atoms. The molecule has 2 amide bonds. The van der Waals surface area contributed by atoms with Crippen LogP contribution in [0, 0.1) is 0 Å². The second-order valence-electron chi connectivity index (χ2n) is 4.56. The lowest BCUT2D eigenvalue weighted by molar-refractivity contribution is -0.120. The molecule has 0 atom stereocenters. The number of benzene rings is 1. The lowest BCUT2D eigenvalue weighted by atomic mass is 10.2. The van der Waals surface area contributed by atoms with Crippen molar-refractivity contribution in [3.8, 4) is 0 Å². The Morgan fingerprint density at radius 1 is 1.37 bits per heavy atom. The summed E-state index contributed by atoms with van der Waals surface area (Å²) in [6, 6.07) is 5.64. The van der Waals surface area contributed by atoms with E-state index in [4.69, 9.17) is 0 Å². The average molecular weight is 275 g/mol. The summed E-state index contributed by atoms with van der Waals surface area (Å²) >= 11 is 1.49. The van der Waals surface area contributed by atoms with Crippen molar-refractivity contribution in [3.63, 3.8) is 0 Å². The van der Waals surface area contributed by atoms with E-state index in [0.717, 1.165) is 23.1 Å². The third-order valence-electron chi connectivity index (χ3n) is 2.95. The van der Waals surface area contributed by atoms with Crippen LogP contribution in [-0.2, 0) is 4.79 Å². The first-order valence-corrected chi connectivity index (χ1v) is 7.01. The zero-order valence-corrected chi connectivity index (χ0v) is 11.0.